The minimum atomic E-state index is -0.486. The van der Waals surface area contributed by atoms with Gasteiger partial charge in [0.2, 0.25) is 5.91 Å². The number of benzene rings is 1. The van der Waals surface area contributed by atoms with Crippen LogP contribution in [0.4, 0.5) is 5.69 Å². The van der Waals surface area contributed by atoms with Gasteiger partial charge in [-0.25, -0.2) is 14.5 Å². The zero-order valence-corrected chi connectivity index (χ0v) is 17.8. The molecule has 0 aliphatic rings. The molecule has 0 bridgehead atoms. The number of anilines is 1. The lowest BCUT2D eigenvalue weighted by atomic mass is 9.95. The van der Waals surface area contributed by atoms with Crippen molar-refractivity contribution < 1.29 is 4.79 Å². The first-order valence-electron chi connectivity index (χ1n) is 9.90. The van der Waals surface area contributed by atoms with Gasteiger partial charge in [0.1, 0.15) is 11.8 Å². The lowest BCUT2D eigenvalue weighted by Crippen LogP contribution is -2.27. The van der Waals surface area contributed by atoms with Crippen molar-refractivity contribution in [2.45, 2.75) is 27.7 Å². The minimum Gasteiger partial charge on any atom is -0.325 e. The Balaban J connectivity index is 1.72. The average Bonchev–Trinajstić information content (AvgIpc) is 3.17. The number of imidazole rings is 1. The Morgan fingerprint density at radius 1 is 1.13 bits per heavy atom. The van der Waals surface area contributed by atoms with E-state index in [2.05, 4.69) is 26.5 Å². The number of fused-ring (bicyclic) bond motifs is 1. The number of nitrogens with one attached hydrogen (secondary N) is 1. The van der Waals surface area contributed by atoms with Crippen molar-refractivity contribution >= 4 is 17.2 Å². The van der Waals surface area contributed by atoms with Gasteiger partial charge in [0.25, 0.3) is 0 Å². The summed E-state index contributed by atoms with van der Waals surface area (Å²) < 4.78 is 1.69. The number of hydrogen-bond donors (Lipinski definition) is 1. The summed E-state index contributed by atoms with van der Waals surface area (Å²) in [5.74, 6) is -0.0428. The van der Waals surface area contributed by atoms with Gasteiger partial charge >= 0.3 is 0 Å². The van der Waals surface area contributed by atoms with Crippen molar-refractivity contribution in [1.29, 1.82) is 5.26 Å². The lowest BCUT2D eigenvalue weighted by molar-refractivity contribution is -0.123. The molecule has 1 N–H and O–H groups in total. The lowest BCUT2D eigenvalue weighted by Gasteiger charge is -2.19. The third-order valence-electron chi connectivity index (χ3n) is 4.97. The van der Waals surface area contributed by atoms with Crippen LogP contribution >= 0.6 is 0 Å². The first-order valence-corrected chi connectivity index (χ1v) is 9.90. The van der Waals surface area contributed by atoms with Crippen LogP contribution in [0.5, 0.6) is 0 Å². The van der Waals surface area contributed by atoms with Crippen LogP contribution in [0.1, 0.15) is 32.0 Å². The van der Waals surface area contributed by atoms with E-state index in [1.165, 1.54) is 0 Å². The molecule has 4 aromatic rings. The predicted molar refractivity (Wildman–Crippen MR) is 119 cm³/mol. The van der Waals surface area contributed by atoms with E-state index in [4.69, 9.17) is 0 Å². The van der Waals surface area contributed by atoms with Crippen LogP contribution in [0.25, 0.3) is 28.2 Å². The van der Waals surface area contributed by atoms with E-state index < -0.39 is 5.41 Å². The quantitative estimate of drug-likeness (QED) is 0.531. The van der Waals surface area contributed by atoms with Gasteiger partial charge in [0.15, 0.2) is 5.65 Å². The van der Waals surface area contributed by atoms with Gasteiger partial charge in [-0.3, -0.25) is 4.79 Å². The highest BCUT2D eigenvalue weighted by Gasteiger charge is 2.22. The largest absolute Gasteiger partial charge is 0.325 e. The Morgan fingerprint density at radius 2 is 1.94 bits per heavy atom. The van der Waals surface area contributed by atoms with Crippen molar-refractivity contribution in [3.8, 4) is 28.6 Å². The zero-order valence-electron chi connectivity index (χ0n) is 17.8. The van der Waals surface area contributed by atoms with Crippen LogP contribution in [0, 0.1) is 23.7 Å². The fourth-order valence-corrected chi connectivity index (χ4v) is 3.09. The number of hydrogen-bond acceptors (Lipinski definition) is 5. The highest BCUT2D eigenvalue weighted by molar-refractivity contribution is 5.95. The van der Waals surface area contributed by atoms with E-state index in [9.17, 15) is 10.1 Å². The van der Waals surface area contributed by atoms with Crippen molar-refractivity contribution in [1.82, 2.24) is 19.6 Å². The van der Waals surface area contributed by atoms with Gasteiger partial charge in [0, 0.05) is 28.4 Å². The Labute approximate surface area is 180 Å². The summed E-state index contributed by atoms with van der Waals surface area (Å²) in [6.45, 7) is 7.60. The number of aromatic nitrogens is 4. The minimum absolute atomic E-state index is 0.0428. The van der Waals surface area contributed by atoms with Crippen molar-refractivity contribution in [3.05, 3.63) is 66.1 Å². The highest BCUT2D eigenvalue weighted by Crippen LogP contribution is 2.27. The normalized spacial score (nSPS) is 11.3. The molecule has 0 saturated heterocycles. The summed E-state index contributed by atoms with van der Waals surface area (Å²) in [4.78, 5) is 21.2. The Hall–Kier alpha value is -4.05. The van der Waals surface area contributed by atoms with Gasteiger partial charge in [-0.2, -0.15) is 10.4 Å². The molecule has 0 atom stereocenters. The molecule has 3 heterocycles. The van der Waals surface area contributed by atoms with Crippen molar-refractivity contribution in [3.63, 3.8) is 0 Å². The molecule has 0 radical (unpaired) electrons. The SMILES string of the molecule is Cc1ccc(-c2cn3nc(-c4cccnc4C#N)ccc3n2)cc1NC(=O)C(C)(C)C. The molecular weight excluding hydrogens is 388 g/mol. The first-order chi connectivity index (χ1) is 14.8. The van der Waals surface area contributed by atoms with E-state index in [1.807, 2.05) is 70.3 Å². The van der Waals surface area contributed by atoms with Crippen molar-refractivity contribution in [2.75, 3.05) is 5.32 Å². The van der Waals surface area contributed by atoms with Gasteiger partial charge < -0.3 is 5.32 Å². The molecule has 0 aliphatic heterocycles. The molecule has 154 valence electrons. The molecule has 1 aromatic carbocycles. The Morgan fingerprint density at radius 3 is 2.68 bits per heavy atom. The number of pyridine rings is 1. The number of amides is 1. The van der Waals surface area contributed by atoms with Crippen LogP contribution in [0.3, 0.4) is 0 Å². The molecule has 3 aromatic heterocycles. The smallest absolute Gasteiger partial charge is 0.229 e. The van der Waals surface area contributed by atoms with E-state index in [0.29, 0.717) is 22.6 Å². The van der Waals surface area contributed by atoms with Gasteiger partial charge in [-0.15, -0.1) is 0 Å². The maximum absolute atomic E-state index is 12.4. The number of carbonyl (C=O) groups is 1. The third kappa shape index (κ3) is 4.01. The summed E-state index contributed by atoms with van der Waals surface area (Å²) in [6, 6.07) is 15.2. The molecule has 0 spiro atoms. The number of aryl methyl sites for hydroxylation is 1. The monoisotopic (exact) mass is 410 g/mol. The fraction of sp³-hybridized carbons (Fsp3) is 0.208. The topological polar surface area (TPSA) is 96.0 Å². The van der Waals surface area contributed by atoms with Crippen LogP contribution in [-0.4, -0.2) is 25.5 Å². The van der Waals surface area contributed by atoms with E-state index in [-0.39, 0.29) is 5.91 Å². The molecule has 31 heavy (non-hydrogen) atoms. The number of nitrogens with zero attached hydrogens (tertiary/aromatic N) is 5. The number of rotatable bonds is 3. The first kappa shape index (κ1) is 20.2. The Bertz CT molecular complexity index is 1340. The predicted octanol–water partition coefficient (Wildman–Crippen LogP) is 4.62. The van der Waals surface area contributed by atoms with Crippen LogP contribution in [0.15, 0.2) is 54.9 Å². The molecule has 0 fully saturated rings. The molecule has 1 amide bonds. The third-order valence-corrected chi connectivity index (χ3v) is 4.97. The second-order valence-corrected chi connectivity index (χ2v) is 8.39. The maximum Gasteiger partial charge on any atom is 0.229 e. The van der Waals surface area contributed by atoms with Crippen molar-refractivity contribution in [2.24, 2.45) is 5.41 Å². The van der Waals surface area contributed by atoms with Crippen LogP contribution < -0.4 is 5.32 Å². The zero-order chi connectivity index (χ0) is 22.2. The summed E-state index contributed by atoms with van der Waals surface area (Å²) in [5.41, 5.74) is 5.19. The number of carbonyl (C=O) groups excluding carboxylic acids is 1. The average molecular weight is 410 g/mol. The van der Waals surface area contributed by atoms with E-state index in [1.54, 1.807) is 16.8 Å². The fourth-order valence-electron chi connectivity index (χ4n) is 3.09. The summed E-state index contributed by atoms with van der Waals surface area (Å²) in [7, 11) is 0. The summed E-state index contributed by atoms with van der Waals surface area (Å²) in [5, 5.41) is 16.9. The van der Waals surface area contributed by atoms with Crippen LogP contribution in [-0.2, 0) is 4.79 Å². The van der Waals surface area contributed by atoms with E-state index in [0.717, 1.165) is 22.5 Å². The van der Waals surface area contributed by atoms with Gasteiger partial charge in [0.05, 0.1) is 17.6 Å². The number of nitriles is 1. The Kier molecular flexibility index (Phi) is 4.99. The molecule has 7 nitrogen and oxygen atoms in total. The van der Waals surface area contributed by atoms with E-state index >= 15 is 0 Å². The molecular formula is C24H22N6O. The van der Waals surface area contributed by atoms with Crippen LogP contribution in [0.2, 0.25) is 0 Å². The van der Waals surface area contributed by atoms with Gasteiger partial charge in [-0.1, -0.05) is 32.9 Å². The molecule has 0 aliphatic carbocycles. The maximum atomic E-state index is 12.4. The molecule has 0 unspecified atom stereocenters. The summed E-state index contributed by atoms with van der Waals surface area (Å²) in [6.07, 6.45) is 3.42. The van der Waals surface area contributed by atoms with Gasteiger partial charge in [-0.05, 0) is 42.8 Å². The second kappa shape index (κ2) is 7.65. The molecule has 7 heteroatoms. The molecule has 4 rings (SSSR count). The summed E-state index contributed by atoms with van der Waals surface area (Å²) >= 11 is 0. The molecule has 0 saturated carbocycles. The highest BCUT2D eigenvalue weighted by atomic mass is 16.2. The standard InChI is InChI=1S/C24H22N6O/c1-15-7-8-16(12-19(15)28-23(31)24(2,3)4)21-14-30-22(27-21)10-9-18(29-30)17-6-5-11-26-20(17)13-25/h5-12,14H,1-4H3,(H,28,31). The second-order valence-electron chi connectivity index (χ2n) is 8.39.